The van der Waals surface area contributed by atoms with Gasteiger partial charge in [-0.05, 0) is 23.3 Å². The van der Waals surface area contributed by atoms with Gasteiger partial charge in [-0.1, -0.05) is 24.3 Å². The molecule has 12 heteroatoms. The van der Waals surface area contributed by atoms with Crippen molar-refractivity contribution < 1.29 is 29.0 Å². The fourth-order valence-electron chi connectivity index (χ4n) is 3.75. The zero-order valence-corrected chi connectivity index (χ0v) is 21.7. The molecule has 1 aromatic heterocycles. The fraction of sp³-hybridized carbons (Fsp3) is 0.292. The molecule has 0 bridgehead atoms. The maximum Gasteiger partial charge on any atom is 0.352 e. The molecule has 2 amide bonds. The van der Waals surface area contributed by atoms with Crippen molar-refractivity contribution >= 4 is 59.7 Å². The number of benzene rings is 1. The number of nitrogens with one attached hydrogen (secondary N) is 1. The number of carboxylic acids is 1. The number of nitrogens with zero attached hydrogens (tertiary/aromatic N) is 2. The average molecular weight is 550 g/mol. The first-order valence-electron chi connectivity index (χ1n) is 10.8. The van der Waals surface area contributed by atoms with E-state index < -0.39 is 29.3 Å². The molecule has 4 rings (SSSR count). The number of rotatable bonds is 9. The van der Waals surface area contributed by atoms with Crippen molar-refractivity contribution in [3.63, 3.8) is 0 Å². The van der Waals surface area contributed by atoms with E-state index in [1.807, 2.05) is 36.4 Å². The van der Waals surface area contributed by atoms with Gasteiger partial charge in [-0.2, -0.15) is 0 Å². The number of ether oxygens (including phenoxy) is 1. The third kappa shape index (κ3) is 6.40. The van der Waals surface area contributed by atoms with Crippen LogP contribution in [0.15, 0.2) is 65.0 Å². The Morgan fingerprint density at radius 1 is 1.17 bits per heavy atom. The minimum atomic E-state index is -1.27. The van der Waals surface area contributed by atoms with Gasteiger partial charge in [0.1, 0.15) is 23.7 Å². The van der Waals surface area contributed by atoms with Crippen LogP contribution in [0.3, 0.4) is 0 Å². The molecular formula is C24H24ClN3O6S2. The van der Waals surface area contributed by atoms with Crippen LogP contribution in [0.1, 0.15) is 18.1 Å². The Morgan fingerprint density at radius 3 is 2.47 bits per heavy atom. The maximum absolute atomic E-state index is 12.7. The summed E-state index contributed by atoms with van der Waals surface area (Å²) in [5.41, 5.74) is 2.12. The molecule has 3 heterocycles. The van der Waals surface area contributed by atoms with E-state index in [4.69, 9.17) is 4.74 Å². The molecule has 0 saturated carbocycles. The lowest BCUT2D eigenvalue weighted by Crippen LogP contribution is -2.70. The van der Waals surface area contributed by atoms with Crippen LogP contribution in [0.2, 0.25) is 0 Å². The molecular weight excluding hydrogens is 526 g/mol. The number of fused-ring (bicyclic) bond motifs is 1. The van der Waals surface area contributed by atoms with Gasteiger partial charge in [-0.15, -0.1) is 35.9 Å². The summed E-state index contributed by atoms with van der Waals surface area (Å²) in [5.74, 6) is -1.52. The van der Waals surface area contributed by atoms with Crippen molar-refractivity contribution in [1.82, 2.24) is 15.2 Å². The summed E-state index contributed by atoms with van der Waals surface area (Å²) in [6.07, 6.45) is 3.61. The summed E-state index contributed by atoms with van der Waals surface area (Å²) in [6.45, 7) is 1.05. The zero-order chi connectivity index (χ0) is 24.9. The number of carbonyl (C=O) groups excluding carboxylic acids is 3. The topological polar surface area (TPSA) is 126 Å². The number of hydrogen-bond acceptors (Lipinski definition) is 8. The standard InChI is InChI=1S/C24H23N3O6S2.ClH/c1-14(28)33-11-17-13-35-23-20(22(30)27(23)21(17)24(31)32)26-19(29)10-15-2-4-16(5-3-15)12-34-18-6-8-25-9-7-18;/h2-9,20,23H,10-13H2,1H3,(H,26,29)(H,31,32);1H. The van der Waals surface area contributed by atoms with Crippen LogP contribution < -0.4 is 5.32 Å². The minimum Gasteiger partial charge on any atom is -0.477 e. The fourth-order valence-corrected chi connectivity index (χ4v) is 5.91. The Labute approximate surface area is 222 Å². The van der Waals surface area contributed by atoms with Crippen LogP contribution in [-0.2, 0) is 36.1 Å². The highest BCUT2D eigenvalue weighted by Gasteiger charge is 2.54. The summed E-state index contributed by atoms with van der Waals surface area (Å²) < 4.78 is 4.92. The smallest absolute Gasteiger partial charge is 0.352 e. The van der Waals surface area contributed by atoms with Gasteiger partial charge < -0.3 is 15.2 Å². The van der Waals surface area contributed by atoms with Crippen molar-refractivity contribution in [2.75, 3.05) is 12.4 Å². The first-order chi connectivity index (χ1) is 16.8. The molecule has 0 aliphatic carbocycles. The third-order valence-corrected chi connectivity index (χ3v) is 7.88. The van der Waals surface area contributed by atoms with Gasteiger partial charge in [-0.25, -0.2) is 4.79 Å². The zero-order valence-electron chi connectivity index (χ0n) is 19.2. The molecule has 190 valence electrons. The number of carbonyl (C=O) groups is 4. The van der Waals surface area contributed by atoms with Gasteiger partial charge in [0, 0.05) is 41.3 Å². The molecule has 1 fully saturated rings. The summed E-state index contributed by atoms with van der Waals surface area (Å²) >= 11 is 3.03. The quantitative estimate of drug-likeness (QED) is 0.276. The van der Waals surface area contributed by atoms with E-state index in [-0.39, 0.29) is 42.8 Å². The molecule has 0 spiro atoms. The highest BCUT2D eigenvalue weighted by atomic mass is 35.5. The molecule has 2 unspecified atom stereocenters. The van der Waals surface area contributed by atoms with E-state index in [2.05, 4.69) is 10.3 Å². The molecule has 9 nitrogen and oxygen atoms in total. The summed E-state index contributed by atoms with van der Waals surface area (Å²) in [4.78, 5) is 54.5. The largest absolute Gasteiger partial charge is 0.477 e. The molecule has 1 aromatic carbocycles. The normalized spacial score (nSPS) is 18.5. The van der Waals surface area contributed by atoms with Gasteiger partial charge in [0.15, 0.2) is 0 Å². The van der Waals surface area contributed by atoms with Crippen LogP contribution in [0, 0.1) is 0 Å². The van der Waals surface area contributed by atoms with E-state index in [9.17, 15) is 24.3 Å². The first kappa shape index (κ1) is 27.6. The predicted octanol–water partition coefficient (Wildman–Crippen LogP) is 2.64. The molecule has 36 heavy (non-hydrogen) atoms. The van der Waals surface area contributed by atoms with Crippen molar-refractivity contribution in [3.05, 3.63) is 71.2 Å². The van der Waals surface area contributed by atoms with E-state index >= 15 is 0 Å². The summed E-state index contributed by atoms with van der Waals surface area (Å²) in [6, 6.07) is 10.8. The molecule has 1 saturated heterocycles. The van der Waals surface area contributed by atoms with E-state index in [1.54, 1.807) is 24.2 Å². The van der Waals surface area contributed by atoms with E-state index in [0.29, 0.717) is 5.57 Å². The highest BCUT2D eigenvalue weighted by molar-refractivity contribution is 8.00. The van der Waals surface area contributed by atoms with Gasteiger partial charge in [-0.3, -0.25) is 24.3 Å². The van der Waals surface area contributed by atoms with Gasteiger partial charge in [0.25, 0.3) is 5.91 Å². The number of hydrogen-bond donors (Lipinski definition) is 2. The number of β-lactam (4-membered cyclic amide) rings is 1. The predicted molar refractivity (Wildman–Crippen MR) is 138 cm³/mol. The van der Waals surface area contributed by atoms with Crippen LogP contribution in [0.25, 0.3) is 0 Å². The summed E-state index contributed by atoms with van der Waals surface area (Å²) in [5, 5.41) is 11.8. The molecule has 2 aliphatic rings. The Kier molecular flexibility index (Phi) is 9.41. The molecule has 2 aliphatic heterocycles. The van der Waals surface area contributed by atoms with Crippen molar-refractivity contribution in [1.29, 1.82) is 0 Å². The van der Waals surface area contributed by atoms with Crippen molar-refractivity contribution in [2.24, 2.45) is 0 Å². The van der Waals surface area contributed by atoms with Gasteiger partial charge in [0.05, 0.1) is 6.42 Å². The van der Waals surface area contributed by atoms with Crippen molar-refractivity contribution in [3.8, 4) is 0 Å². The van der Waals surface area contributed by atoms with Crippen molar-refractivity contribution in [2.45, 2.75) is 35.4 Å². The highest BCUT2D eigenvalue weighted by Crippen LogP contribution is 2.40. The second kappa shape index (κ2) is 12.3. The van der Waals surface area contributed by atoms with Crippen LogP contribution in [-0.4, -0.2) is 62.5 Å². The third-order valence-electron chi connectivity index (χ3n) is 5.46. The Morgan fingerprint density at radius 2 is 1.83 bits per heavy atom. The Hall–Kier alpha value is -3.02. The lowest BCUT2D eigenvalue weighted by molar-refractivity contribution is -0.151. The van der Waals surface area contributed by atoms with Gasteiger partial charge in [0.2, 0.25) is 5.91 Å². The number of halogens is 1. The summed E-state index contributed by atoms with van der Waals surface area (Å²) in [7, 11) is 0. The number of esters is 1. The van der Waals surface area contributed by atoms with Crippen LogP contribution in [0.5, 0.6) is 0 Å². The Balaban J connectivity index is 0.00000361. The monoisotopic (exact) mass is 549 g/mol. The molecule has 0 radical (unpaired) electrons. The molecule has 2 aromatic rings. The lowest BCUT2D eigenvalue weighted by atomic mass is 10.0. The second-order valence-corrected chi connectivity index (χ2v) is 10.1. The number of thioether (sulfide) groups is 2. The number of pyridine rings is 1. The Bertz CT molecular complexity index is 1180. The van der Waals surface area contributed by atoms with Crippen LogP contribution >= 0.6 is 35.9 Å². The molecule has 2 N–H and O–H groups in total. The number of amides is 2. The first-order valence-corrected chi connectivity index (χ1v) is 12.8. The number of aromatic nitrogens is 1. The van der Waals surface area contributed by atoms with E-state index in [1.165, 1.54) is 18.7 Å². The number of carboxylic acid groups (broad SMARTS) is 1. The maximum atomic E-state index is 12.7. The average Bonchev–Trinajstić information content (AvgIpc) is 2.85. The SMILES string of the molecule is CC(=O)OCC1=C(C(=O)O)N2C(=O)C(NC(=O)Cc3ccc(CSc4ccncc4)cc3)C2SC1.Cl. The number of aliphatic carboxylic acids is 1. The minimum absolute atomic E-state index is 0. The second-order valence-electron chi connectivity index (χ2n) is 7.96. The molecule has 2 atom stereocenters. The lowest BCUT2D eigenvalue weighted by Gasteiger charge is -2.49. The van der Waals surface area contributed by atoms with Gasteiger partial charge >= 0.3 is 11.9 Å². The van der Waals surface area contributed by atoms with Crippen LogP contribution in [0.4, 0.5) is 0 Å². The van der Waals surface area contributed by atoms with E-state index in [0.717, 1.165) is 26.7 Å².